The first-order valence-electron chi connectivity index (χ1n) is 9.24. The predicted molar refractivity (Wildman–Crippen MR) is 106 cm³/mol. The van der Waals surface area contributed by atoms with Crippen molar-refractivity contribution in [2.45, 2.75) is 30.8 Å². The van der Waals surface area contributed by atoms with E-state index in [0.29, 0.717) is 11.3 Å². The van der Waals surface area contributed by atoms with Crippen molar-refractivity contribution in [1.82, 2.24) is 19.5 Å². The number of hydrogen-bond donors (Lipinski definition) is 4. The molecule has 0 saturated carbocycles. The maximum absolute atomic E-state index is 16.3. The van der Waals surface area contributed by atoms with Crippen LogP contribution in [0.15, 0.2) is 30.6 Å². The van der Waals surface area contributed by atoms with Gasteiger partial charge in [-0.3, -0.25) is 4.57 Å². The highest BCUT2D eigenvalue weighted by Crippen LogP contribution is 2.52. The molecule has 0 aliphatic carbocycles. The number of nitrogens with zero attached hydrogens (tertiary/aromatic N) is 4. The van der Waals surface area contributed by atoms with Crippen LogP contribution in [0.2, 0.25) is 0 Å². The summed E-state index contributed by atoms with van der Waals surface area (Å²) in [5.74, 6) is -1.88. The number of carboxylic acids is 1. The van der Waals surface area contributed by atoms with Gasteiger partial charge in [0.05, 0.1) is 30.5 Å². The number of fused-ring (bicyclic) bond motifs is 1. The molecule has 0 bridgehead atoms. The molecule has 3 aromatic rings. The Morgan fingerprint density at radius 3 is 2.80 bits per heavy atom. The molecule has 1 aromatic carbocycles. The first-order chi connectivity index (χ1) is 14.3. The number of aliphatic hydroxyl groups is 1. The van der Waals surface area contributed by atoms with Gasteiger partial charge in [-0.25, -0.2) is 14.2 Å². The number of carboxylic acid groups (broad SMARTS) is 1. The average molecular weight is 416 g/mol. The lowest BCUT2D eigenvalue weighted by atomic mass is 9.80. The van der Waals surface area contributed by atoms with Crippen LogP contribution in [0.25, 0.3) is 11.2 Å². The quantitative estimate of drug-likeness (QED) is 0.486. The van der Waals surface area contributed by atoms with E-state index >= 15 is 4.39 Å². The van der Waals surface area contributed by atoms with Gasteiger partial charge in [-0.1, -0.05) is 18.2 Å². The third-order valence-corrected chi connectivity index (χ3v) is 5.40. The topological polar surface area (TPSA) is 148 Å². The Hall–Kier alpha value is -3.31. The minimum absolute atomic E-state index is 0.0290. The van der Waals surface area contributed by atoms with Crippen LogP contribution in [0.4, 0.5) is 16.2 Å². The Morgan fingerprint density at radius 1 is 1.40 bits per heavy atom. The second-order valence-corrected chi connectivity index (χ2v) is 7.24. The lowest BCUT2D eigenvalue weighted by Crippen LogP contribution is -2.35. The summed E-state index contributed by atoms with van der Waals surface area (Å²) in [6, 6.07) is 6.12. The number of alkyl halides is 1. The summed E-state index contributed by atoms with van der Waals surface area (Å²) >= 11 is 0. The largest absolute Gasteiger partial charge is 0.478 e. The van der Waals surface area contributed by atoms with Crippen LogP contribution in [-0.2, 0) is 4.74 Å². The molecule has 10 nitrogen and oxygen atoms in total. The maximum atomic E-state index is 16.3. The van der Waals surface area contributed by atoms with Crippen molar-refractivity contribution in [3.8, 4) is 0 Å². The zero-order valence-electron chi connectivity index (χ0n) is 16.3. The number of ether oxygens (including phenoxy) is 1. The number of imidazole rings is 1. The molecule has 1 aliphatic heterocycles. The maximum Gasteiger partial charge on any atom is 0.335 e. The standard InChI is InChI=1S/C19H21FN6O4/c1-19(20)12(9-5-3-4-6-10(9)16(28)29)11(7-27)30-17(19)26-8-23-13-14(22-2)24-18(21)25-15(13)26/h3-6,8,11-12,17,27H,7H2,1-2H3,(H,28,29)(H3,21,22,24,25)/t11-,12+,17+,19+/m0/s1. The number of nitrogens with one attached hydrogen (secondary N) is 1. The number of anilines is 2. The van der Waals surface area contributed by atoms with E-state index in [1.54, 1.807) is 19.2 Å². The molecule has 1 saturated heterocycles. The van der Waals surface area contributed by atoms with Crippen LogP contribution in [0, 0.1) is 0 Å². The van der Waals surface area contributed by atoms with E-state index in [9.17, 15) is 15.0 Å². The van der Waals surface area contributed by atoms with Crippen LogP contribution < -0.4 is 11.1 Å². The van der Waals surface area contributed by atoms with Crippen molar-refractivity contribution >= 4 is 28.9 Å². The van der Waals surface area contributed by atoms with Crippen molar-refractivity contribution in [1.29, 1.82) is 0 Å². The highest BCUT2D eigenvalue weighted by molar-refractivity contribution is 5.89. The number of aromatic nitrogens is 4. The van der Waals surface area contributed by atoms with Gasteiger partial charge in [0.1, 0.15) is 0 Å². The number of nitrogen functional groups attached to an aromatic ring is 1. The third kappa shape index (κ3) is 2.94. The van der Waals surface area contributed by atoms with E-state index in [2.05, 4.69) is 20.3 Å². The van der Waals surface area contributed by atoms with Crippen molar-refractivity contribution in [3.63, 3.8) is 0 Å². The molecule has 11 heteroatoms. The van der Waals surface area contributed by atoms with Crippen LogP contribution in [0.1, 0.15) is 35.0 Å². The number of rotatable bonds is 5. The summed E-state index contributed by atoms with van der Waals surface area (Å²) < 4.78 is 23.6. The SMILES string of the molecule is CNc1nc(N)nc2c1ncn2[C@@H]1O[C@@H](CO)[C@@H](c2ccccc2C(=O)O)[C@@]1(C)F. The molecular weight excluding hydrogens is 395 g/mol. The Labute approximate surface area is 170 Å². The number of nitrogens with two attached hydrogens (primary N) is 1. The molecule has 158 valence electrons. The van der Waals surface area contributed by atoms with E-state index < -0.39 is 36.5 Å². The number of carbonyl (C=O) groups is 1. The summed E-state index contributed by atoms with van der Waals surface area (Å²) in [5.41, 5.74) is 4.50. The molecule has 0 radical (unpaired) electrons. The minimum atomic E-state index is -2.11. The molecule has 0 amide bonds. The predicted octanol–water partition coefficient (Wildman–Crippen LogP) is 1.55. The van der Waals surface area contributed by atoms with Gasteiger partial charge >= 0.3 is 5.97 Å². The van der Waals surface area contributed by atoms with Crippen molar-refractivity contribution in [3.05, 3.63) is 41.7 Å². The summed E-state index contributed by atoms with van der Waals surface area (Å²) in [4.78, 5) is 24.2. The Balaban J connectivity index is 1.86. The number of aliphatic hydroxyl groups excluding tert-OH is 1. The van der Waals surface area contributed by atoms with E-state index in [-0.39, 0.29) is 22.7 Å². The molecule has 30 heavy (non-hydrogen) atoms. The Kier molecular flexibility index (Phi) is 4.79. The van der Waals surface area contributed by atoms with E-state index in [1.165, 1.54) is 30.0 Å². The number of benzene rings is 1. The highest BCUT2D eigenvalue weighted by atomic mass is 19.1. The molecule has 2 aromatic heterocycles. The van der Waals surface area contributed by atoms with E-state index in [0.717, 1.165) is 0 Å². The van der Waals surface area contributed by atoms with Gasteiger partial charge in [-0.15, -0.1) is 0 Å². The lowest BCUT2D eigenvalue weighted by Gasteiger charge is -2.29. The number of hydrogen-bond acceptors (Lipinski definition) is 8. The van der Waals surface area contributed by atoms with Gasteiger partial charge in [-0.05, 0) is 18.6 Å². The molecule has 0 spiro atoms. The number of halogens is 1. The molecule has 1 fully saturated rings. The van der Waals surface area contributed by atoms with Crippen molar-refractivity contribution < 1.29 is 24.1 Å². The Morgan fingerprint density at radius 2 is 2.13 bits per heavy atom. The molecule has 1 aliphatic rings. The highest BCUT2D eigenvalue weighted by Gasteiger charge is 2.56. The van der Waals surface area contributed by atoms with Gasteiger partial charge in [-0.2, -0.15) is 9.97 Å². The first kappa shape index (κ1) is 20.0. The first-order valence-corrected chi connectivity index (χ1v) is 9.24. The fraction of sp³-hybridized carbons (Fsp3) is 0.368. The number of aromatic carboxylic acids is 1. The van der Waals surface area contributed by atoms with E-state index in [4.69, 9.17) is 10.5 Å². The normalized spacial score (nSPS) is 26.2. The minimum Gasteiger partial charge on any atom is -0.478 e. The monoisotopic (exact) mass is 416 g/mol. The molecule has 3 heterocycles. The molecule has 0 unspecified atom stereocenters. The Bertz CT molecular complexity index is 1120. The third-order valence-electron chi connectivity index (χ3n) is 5.40. The summed E-state index contributed by atoms with van der Waals surface area (Å²) in [6.07, 6.45) is -0.849. The van der Waals surface area contributed by atoms with E-state index in [1.807, 2.05) is 0 Å². The van der Waals surface area contributed by atoms with Gasteiger partial charge in [0.15, 0.2) is 28.9 Å². The molecular formula is C19H21FN6O4. The fourth-order valence-electron chi connectivity index (χ4n) is 4.13. The summed E-state index contributed by atoms with van der Waals surface area (Å²) in [6.45, 7) is 0.812. The average Bonchev–Trinajstić information content (AvgIpc) is 3.24. The van der Waals surface area contributed by atoms with Crippen LogP contribution in [-0.4, -0.2) is 61.1 Å². The van der Waals surface area contributed by atoms with Crippen molar-refractivity contribution in [2.75, 3.05) is 24.7 Å². The van der Waals surface area contributed by atoms with Crippen molar-refractivity contribution in [2.24, 2.45) is 0 Å². The van der Waals surface area contributed by atoms with Gasteiger partial charge in [0.25, 0.3) is 0 Å². The second-order valence-electron chi connectivity index (χ2n) is 7.24. The summed E-state index contributed by atoms with van der Waals surface area (Å²) in [5, 5.41) is 22.3. The smallest absolute Gasteiger partial charge is 0.335 e. The van der Waals surface area contributed by atoms with Crippen LogP contribution in [0.5, 0.6) is 0 Å². The molecule has 4 rings (SSSR count). The lowest BCUT2D eigenvalue weighted by molar-refractivity contribution is -0.0565. The van der Waals surface area contributed by atoms with Crippen LogP contribution in [0.3, 0.4) is 0 Å². The molecule has 4 atom stereocenters. The fourth-order valence-corrected chi connectivity index (χ4v) is 4.13. The zero-order chi connectivity index (χ0) is 21.6. The molecule has 5 N–H and O–H groups in total. The van der Waals surface area contributed by atoms with Gasteiger partial charge in [0.2, 0.25) is 5.95 Å². The second kappa shape index (κ2) is 7.18. The van der Waals surface area contributed by atoms with Gasteiger partial charge in [0, 0.05) is 7.05 Å². The van der Waals surface area contributed by atoms with Gasteiger partial charge < -0.3 is 26.0 Å². The zero-order valence-corrected chi connectivity index (χ0v) is 16.3. The van der Waals surface area contributed by atoms with Crippen LogP contribution >= 0.6 is 0 Å². The summed E-state index contributed by atoms with van der Waals surface area (Å²) in [7, 11) is 1.65.